The summed E-state index contributed by atoms with van der Waals surface area (Å²) in [6.45, 7) is 3.65. The largest absolute Gasteiger partial charge is 0.490 e. The highest BCUT2D eigenvalue weighted by Crippen LogP contribution is 2.44. The van der Waals surface area contributed by atoms with Crippen LogP contribution >= 0.6 is 0 Å². The van der Waals surface area contributed by atoms with Crippen LogP contribution in [0, 0.1) is 0 Å². The van der Waals surface area contributed by atoms with Crippen LogP contribution in [0.3, 0.4) is 0 Å². The number of para-hydroxylation sites is 1. The van der Waals surface area contributed by atoms with Crippen LogP contribution in [0.15, 0.2) is 24.3 Å². The zero-order valence-corrected chi connectivity index (χ0v) is 12.6. The van der Waals surface area contributed by atoms with Crippen LogP contribution in [-0.2, 0) is 4.74 Å². The van der Waals surface area contributed by atoms with Crippen molar-refractivity contribution in [2.45, 2.75) is 51.0 Å². The van der Waals surface area contributed by atoms with E-state index < -0.39 is 24.6 Å². The average Bonchev–Trinajstić information content (AvgIpc) is 2.44. The fourth-order valence-corrected chi connectivity index (χ4v) is 1.82. The Kier molecular flexibility index (Phi) is 6.17. The van der Waals surface area contributed by atoms with Gasteiger partial charge in [0, 0.05) is 12.7 Å². The van der Waals surface area contributed by atoms with E-state index in [1.165, 1.54) is 18.2 Å². The van der Waals surface area contributed by atoms with Gasteiger partial charge < -0.3 is 9.47 Å². The average molecular weight is 326 g/mol. The van der Waals surface area contributed by atoms with Crippen molar-refractivity contribution in [1.29, 1.82) is 0 Å². The van der Waals surface area contributed by atoms with Gasteiger partial charge in [0.05, 0.1) is 18.6 Å². The first-order chi connectivity index (χ1) is 10.1. The van der Waals surface area contributed by atoms with E-state index in [0.29, 0.717) is 6.42 Å². The van der Waals surface area contributed by atoms with Gasteiger partial charge in [-0.15, -0.1) is 0 Å². The maximum Gasteiger partial charge on any atom is 0.453 e. The smallest absolute Gasteiger partial charge is 0.453 e. The number of hydrogen-bond donors (Lipinski definition) is 0. The van der Waals surface area contributed by atoms with Crippen LogP contribution in [0.25, 0.3) is 0 Å². The zero-order valence-electron chi connectivity index (χ0n) is 12.6. The molecule has 7 heteroatoms. The van der Waals surface area contributed by atoms with Gasteiger partial charge in [0.1, 0.15) is 5.75 Å². The molecule has 1 aromatic carbocycles. The van der Waals surface area contributed by atoms with E-state index >= 15 is 0 Å². The third-order valence-electron chi connectivity index (χ3n) is 3.31. The van der Waals surface area contributed by atoms with E-state index in [1.54, 1.807) is 13.0 Å². The van der Waals surface area contributed by atoms with Crippen LogP contribution in [0.5, 0.6) is 5.75 Å². The summed E-state index contributed by atoms with van der Waals surface area (Å²) in [5.41, 5.74) is 0.175. The molecule has 2 atom stereocenters. The minimum absolute atomic E-state index is 0.175. The third-order valence-corrected chi connectivity index (χ3v) is 3.31. The van der Waals surface area contributed by atoms with E-state index in [9.17, 15) is 22.0 Å². The number of halogens is 5. The highest BCUT2D eigenvalue weighted by atomic mass is 19.4. The Hall–Kier alpha value is -1.37. The Morgan fingerprint density at radius 3 is 2.18 bits per heavy atom. The minimum Gasteiger partial charge on any atom is -0.490 e. The van der Waals surface area contributed by atoms with Crippen molar-refractivity contribution in [2.24, 2.45) is 0 Å². The first kappa shape index (κ1) is 18.7. The molecule has 1 aromatic rings. The number of rotatable bonds is 7. The summed E-state index contributed by atoms with van der Waals surface area (Å²) >= 11 is 0. The van der Waals surface area contributed by atoms with Gasteiger partial charge in [-0.2, -0.15) is 22.0 Å². The van der Waals surface area contributed by atoms with Gasteiger partial charge in [0.15, 0.2) is 0 Å². The second-order valence-electron chi connectivity index (χ2n) is 5.01. The van der Waals surface area contributed by atoms with Crippen LogP contribution in [0.4, 0.5) is 22.0 Å². The van der Waals surface area contributed by atoms with E-state index in [4.69, 9.17) is 9.47 Å². The maximum atomic E-state index is 13.3. The Labute approximate surface area is 126 Å². The molecule has 0 N–H and O–H groups in total. The lowest BCUT2D eigenvalue weighted by molar-refractivity contribution is -0.291. The fraction of sp³-hybridized carbons (Fsp3) is 0.600. The summed E-state index contributed by atoms with van der Waals surface area (Å²) in [6, 6.07) is 6.12. The summed E-state index contributed by atoms with van der Waals surface area (Å²) < 4.78 is 74.1. The van der Waals surface area contributed by atoms with Crippen molar-refractivity contribution in [3.8, 4) is 5.75 Å². The Morgan fingerprint density at radius 1 is 1.09 bits per heavy atom. The lowest BCUT2D eigenvalue weighted by Gasteiger charge is -2.26. The van der Waals surface area contributed by atoms with Gasteiger partial charge in [0.25, 0.3) is 0 Å². The van der Waals surface area contributed by atoms with Gasteiger partial charge in [-0.25, -0.2) is 0 Å². The van der Waals surface area contributed by atoms with Crippen LogP contribution in [0.2, 0.25) is 0 Å². The zero-order chi connectivity index (χ0) is 17.0. The molecule has 0 bridgehead atoms. The number of benzene rings is 1. The molecule has 0 saturated carbocycles. The molecule has 22 heavy (non-hydrogen) atoms. The molecule has 0 saturated heterocycles. The standard InChI is InChI=1S/C15H19F5O2/c1-4-10(2)22-12-8-6-5-7-11(12)13(21-3)9-14(16,17)15(18,19)20/h5-8,10,13H,4,9H2,1-3H3. The first-order valence-electron chi connectivity index (χ1n) is 6.85. The van der Waals surface area contributed by atoms with E-state index in [1.807, 2.05) is 6.92 Å². The molecule has 0 spiro atoms. The molecule has 0 aliphatic heterocycles. The summed E-state index contributed by atoms with van der Waals surface area (Å²) in [7, 11) is 1.09. The Balaban J connectivity index is 3.05. The van der Waals surface area contributed by atoms with E-state index in [2.05, 4.69) is 0 Å². The third kappa shape index (κ3) is 4.56. The van der Waals surface area contributed by atoms with Crippen molar-refractivity contribution >= 4 is 0 Å². The molecular weight excluding hydrogens is 307 g/mol. The lowest BCUT2D eigenvalue weighted by atomic mass is 10.0. The SMILES string of the molecule is CCC(C)Oc1ccccc1C(CC(F)(F)C(F)(F)F)OC. The molecule has 2 nitrogen and oxygen atoms in total. The molecule has 0 fully saturated rings. The number of ether oxygens (including phenoxy) is 2. The van der Waals surface area contributed by atoms with Crippen molar-refractivity contribution < 1.29 is 31.4 Å². The second-order valence-corrected chi connectivity index (χ2v) is 5.01. The predicted octanol–water partition coefficient (Wildman–Crippen LogP) is 5.14. The highest BCUT2D eigenvalue weighted by Gasteiger charge is 2.58. The van der Waals surface area contributed by atoms with Crippen LogP contribution < -0.4 is 4.74 Å². The van der Waals surface area contributed by atoms with Crippen LogP contribution in [0.1, 0.15) is 38.4 Å². The first-order valence-corrected chi connectivity index (χ1v) is 6.85. The molecule has 0 aromatic heterocycles. The summed E-state index contributed by atoms with van der Waals surface area (Å²) in [5, 5.41) is 0. The number of alkyl halides is 5. The molecule has 1 rings (SSSR count). The molecular formula is C15H19F5O2. The predicted molar refractivity (Wildman–Crippen MR) is 72.2 cm³/mol. The molecule has 0 radical (unpaired) electrons. The van der Waals surface area contributed by atoms with Gasteiger partial charge in [-0.05, 0) is 19.4 Å². The molecule has 0 aliphatic carbocycles. The summed E-state index contributed by atoms with van der Waals surface area (Å²) in [6.07, 6.45) is -8.05. The topological polar surface area (TPSA) is 18.5 Å². The molecule has 126 valence electrons. The molecule has 0 aliphatic rings. The molecule has 0 heterocycles. The minimum atomic E-state index is -5.61. The normalized spacial score (nSPS) is 15.5. The molecule has 0 amide bonds. The summed E-state index contributed by atoms with van der Waals surface area (Å²) in [4.78, 5) is 0. The quantitative estimate of drug-likeness (QED) is 0.646. The van der Waals surface area contributed by atoms with Gasteiger partial charge in [-0.1, -0.05) is 25.1 Å². The maximum absolute atomic E-state index is 13.3. The Bertz CT molecular complexity index is 473. The van der Waals surface area contributed by atoms with Gasteiger partial charge in [-0.3, -0.25) is 0 Å². The van der Waals surface area contributed by atoms with E-state index in [-0.39, 0.29) is 17.4 Å². The van der Waals surface area contributed by atoms with Gasteiger partial charge >= 0.3 is 12.1 Å². The number of hydrogen-bond acceptors (Lipinski definition) is 2. The van der Waals surface area contributed by atoms with Crippen LogP contribution in [-0.4, -0.2) is 25.3 Å². The number of methoxy groups -OCH3 is 1. The van der Waals surface area contributed by atoms with Gasteiger partial charge in [0.2, 0.25) is 0 Å². The van der Waals surface area contributed by atoms with E-state index in [0.717, 1.165) is 7.11 Å². The highest BCUT2D eigenvalue weighted by molar-refractivity contribution is 5.35. The van der Waals surface area contributed by atoms with Crippen molar-refractivity contribution in [1.82, 2.24) is 0 Å². The summed E-state index contributed by atoms with van der Waals surface area (Å²) in [5.74, 6) is -4.58. The van der Waals surface area contributed by atoms with Crippen molar-refractivity contribution in [3.63, 3.8) is 0 Å². The van der Waals surface area contributed by atoms with Crippen molar-refractivity contribution in [2.75, 3.05) is 7.11 Å². The Morgan fingerprint density at radius 2 is 1.68 bits per heavy atom. The monoisotopic (exact) mass is 326 g/mol. The van der Waals surface area contributed by atoms with Crippen molar-refractivity contribution in [3.05, 3.63) is 29.8 Å². The molecule has 2 unspecified atom stereocenters. The lowest BCUT2D eigenvalue weighted by Crippen LogP contribution is -2.38. The second kappa shape index (κ2) is 7.26. The fourth-order valence-electron chi connectivity index (χ4n) is 1.82.